The van der Waals surface area contributed by atoms with Gasteiger partial charge in [-0.2, -0.15) is 0 Å². The Balaban J connectivity index is 1.17. The first-order valence-corrected chi connectivity index (χ1v) is 20.5. The van der Waals surface area contributed by atoms with Crippen LogP contribution in [0, 0.1) is 45.1 Å². The van der Waals surface area contributed by atoms with Crippen LogP contribution in [0.2, 0.25) is 0 Å². The van der Waals surface area contributed by atoms with E-state index in [-0.39, 0.29) is 54.7 Å². The number of allylic oxidation sites excluding steroid dienone is 4. The van der Waals surface area contributed by atoms with Crippen LogP contribution in [0.3, 0.4) is 0 Å². The summed E-state index contributed by atoms with van der Waals surface area (Å²) >= 11 is 0. The Labute approximate surface area is 346 Å². The fourth-order valence-electron chi connectivity index (χ4n) is 12.2. The smallest absolute Gasteiger partial charge is 0.493 e. The second kappa shape index (κ2) is 14.7. The lowest BCUT2D eigenvalue weighted by atomic mass is 9.32. The molecule has 3 fully saturated rings. The van der Waals surface area contributed by atoms with Crippen LogP contribution in [0.1, 0.15) is 80.3 Å². The van der Waals surface area contributed by atoms with E-state index in [0.717, 1.165) is 12.1 Å². The van der Waals surface area contributed by atoms with E-state index in [1.165, 1.54) is 44.6 Å². The number of ether oxygens (including phenoxy) is 3. The van der Waals surface area contributed by atoms with Crippen molar-refractivity contribution in [1.29, 1.82) is 0 Å². The lowest BCUT2D eigenvalue weighted by Crippen LogP contribution is -2.67. The molecule has 2 bridgehead atoms. The number of Topliss-reactive ketones (excluding diaryl/α,β-unsaturated/α-hetero) is 1. The third-order valence-corrected chi connectivity index (χ3v) is 15.3. The van der Waals surface area contributed by atoms with Crippen molar-refractivity contribution >= 4 is 11.7 Å². The molecule has 0 aromatic heterocycles. The topological polar surface area (TPSA) is 106 Å². The van der Waals surface area contributed by atoms with Gasteiger partial charge in [0.2, 0.25) is 5.91 Å². The first-order chi connectivity index (χ1) is 28.3. The van der Waals surface area contributed by atoms with Gasteiger partial charge in [0.15, 0.2) is 28.9 Å². The summed E-state index contributed by atoms with van der Waals surface area (Å²) < 4.78 is 82.7. The molecule has 1 unspecified atom stereocenters. The number of aliphatic hydroxyl groups is 2. The first-order valence-electron chi connectivity index (χ1n) is 20.5. The molecule has 2 spiro atoms. The van der Waals surface area contributed by atoms with Crippen molar-refractivity contribution in [1.82, 2.24) is 4.90 Å². The summed E-state index contributed by atoms with van der Waals surface area (Å²) in [6.07, 6.45) is 4.41. The number of alkyl halides is 3. The zero-order chi connectivity index (χ0) is 43.0. The molecule has 0 heterocycles. The lowest BCUT2D eigenvalue weighted by molar-refractivity contribution is -0.274. The number of nitrogens with zero attached hydrogens (tertiary/aromatic N) is 1. The molecule has 8 nitrogen and oxygen atoms in total. The van der Waals surface area contributed by atoms with Gasteiger partial charge >= 0.3 is 6.36 Å². The molecule has 9 rings (SSSR count). The molecule has 6 aliphatic carbocycles. The van der Waals surface area contributed by atoms with Crippen LogP contribution in [-0.4, -0.2) is 65.6 Å². The van der Waals surface area contributed by atoms with Gasteiger partial charge in [-0.25, -0.2) is 8.78 Å². The Morgan fingerprint density at radius 1 is 0.817 bits per heavy atom. The van der Waals surface area contributed by atoms with Crippen molar-refractivity contribution in [3.63, 3.8) is 0 Å². The van der Waals surface area contributed by atoms with Crippen LogP contribution >= 0.6 is 0 Å². The molecular formula is C47H50F5NO7. The average molecular weight is 836 g/mol. The van der Waals surface area contributed by atoms with Gasteiger partial charge in [-0.05, 0) is 116 Å². The summed E-state index contributed by atoms with van der Waals surface area (Å²) in [5.74, 6) is -2.84. The van der Waals surface area contributed by atoms with E-state index in [2.05, 4.69) is 23.8 Å². The molecular weight excluding hydrogens is 786 g/mol. The van der Waals surface area contributed by atoms with Crippen LogP contribution in [0.4, 0.5) is 22.0 Å². The van der Waals surface area contributed by atoms with Crippen molar-refractivity contribution in [2.75, 3.05) is 20.8 Å². The van der Waals surface area contributed by atoms with Crippen LogP contribution in [-0.2, 0) is 17.8 Å². The van der Waals surface area contributed by atoms with E-state index >= 15 is 0 Å². The minimum Gasteiger partial charge on any atom is -0.493 e. The molecule has 60 heavy (non-hydrogen) atoms. The maximum absolute atomic E-state index is 14.8. The molecule has 3 aromatic carbocycles. The number of hydrogen-bond acceptors (Lipinski definition) is 7. The van der Waals surface area contributed by atoms with E-state index < -0.39 is 57.5 Å². The van der Waals surface area contributed by atoms with E-state index in [1.54, 1.807) is 23.1 Å². The molecule has 2 N–H and O–H groups in total. The van der Waals surface area contributed by atoms with Gasteiger partial charge in [-0.15, -0.1) is 13.2 Å². The van der Waals surface area contributed by atoms with Crippen LogP contribution in [0.15, 0.2) is 84.5 Å². The lowest BCUT2D eigenvalue weighted by Gasteiger charge is -2.71. The molecule has 0 radical (unpaired) electrons. The monoisotopic (exact) mass is 835 g/mol. The Morgan fingerprint density at radius 3 is 2.17 bits per heavy atom. The Kier molecular flexibility index (Phi) is 10.3. The maximum Gasteiger partial charge on any atom is 0.573 e. The highest BCUT2D eigenvalue weighted by Gasteiger charge is 2.74. The van der Waals surface area contributed by atoms with Crippen molar-refractivity contribution < 1.29 is 56.0 Å². The number of fused-ring (bicyclic) bond motifs is 1. The van der Waals surface area contributed by atoms with Gasteiger partial charge in [0.05, 0.1) is 38.9 Å². The fourth-order valence-corrected chi connectivity index (χ4v) is 12.2. The zero-order valence-corrected chi connectivity index (χ0v) is 34.1. The van der Waals surface area contributed by atoms with E-state index in [4.69, 9.17) is 9.47 Å². The van der Waals surface area contributed by atoms with Gasteiger partial charge in [0, 0.05) is 33.9 Å². The zero-order valence-electron chi connectivity index (χ0n) is 34.1. The van der Waals surface area contributed by atoms with Crippen LogP contribution in [0.5, 0.6) is 17.2 Å². The van der Waals surface area contributed by atoms with Crippen molar-refractivity contribution in [2.24, 2.45) is 33.5 Å². The largest absolute Gasteiger partial charge is 0.573 e. The van der Waals surface area contributed by atoms with Gasteiger partial charge < -0.3 is 29.3 Å². The maximum atomic E-state index is 14.8. The summed E-state index contributed by atoms with van der Waals surface area (Å²) in [4.78, 5) is 30.8. The molecule has 13 heteroatoms. The molecule has 320 valence electrons. The molecule has 0 saturated heterocycles. The SMILES string of the molecule is COc1ccc(CC(=O)N(Cc2ccc(OC(F)(F)F)cc2)C[C@]2(O)CC[C@H]3[C@]45C=C[C@@]6(C=C4C(=O)c4ccc(F)c(F)c4)CC(O)CC[C@]6(C)[C@H]5CC[C@@]32C)cc1OC. The van der Waals surface area contributed by atoms with Crippen LogP contribution < -0.4 is 14.2 Å². The number of aliphatic hydroxyl groups excluding tert-OH is 1. The highest BCUT2D eigenvalue weighted by Crippen LogP contribution is 2.78. The summed E-state index contributed by atoms with van der Waals surface area (Å²) in [6.45, 7) is 4.12. The standard InChI is InChI=1S/C47H50F5NO7/c1-42-16-13-31(54)24-44(42)19-20-46(33(25-44)41(56)30-8-11-34(48)35(49)23-30)38(42)14-17-43(2)39(46)15-18-45(43,57)27-53(26-28-5-9-32(10-6-28)60-47(50,51)52)40(55)22-29-7-12-36(58-3)37(21-29)59-4/h5-12,19-21,23,25,31,38-39,54,57H,13-18,22,24,26-27H2,1-4H3/t31?,38-,39-,42-,43+,44+,45-,46-/m1/s1. The number of hydrogen-bond donors (Lipinski definition) is 2. The second-order valence-corrected chi connectivity index (χ2v) is 18.1. The number of benzene rings is 3. The van der Waals surface area contributed by atoms with E-state index in [9.17, 15) is 41.8 Å². The third-order valence-electron chi connectivity index (χ3n) is 15.3. The number of carbonyl (C=O) groups excluding carboxylic acids is 2. The molecule has 6 aliphatic rings. The predicted octanol–water partition coefficient (Wildman–Crippen LogP) is 8.93. The summed E-state index contributed by atoms with van der Waals surface area (Å²) in [5, 5.41) is 24.2. The highest BCUT2D eigenvalue weighted by molar-refractivity contribution is 6.10. The molecule has 3 aromatic rings. The van der Waals surface area contributed by atoms with Crippen molar-refractivity contribution in [3.05, 3.63) is 113 Å². The minimum absolute atomic E-state index is 0.0165. The van der Waals surface area contributed by atoms with Gasteiger partial charge in [-0.1, -0.05) is 50.3 Å². The summed E-state index contributed by atoms with van der Waals surface area (Å²) in [7, 11) is 2.99. The number of methoxy groups -OCH3 is 2. The fraction of sp³-hybridized carbons (Fsp3) is 0.489. The number of ketones is 1. The molecule has 0 aliphatic heterocycles. The van der Waals surface area contributed by atoms with Gasteiger partial charge in [0.1, 0.15) is 5.75 Å². The highest BCUT2D eigenvalue weighted by atomic mass is 19.4. The van der Waals surface area contributed by atoms with Crippen LogP contribution in [0.25, 0.3) is 0 Å². The number of halogens is 5. The summed E-state index contributed by atoms with van der Waals surface area (Å²) in [5.41, 5.74) is -2.61. The first kappa shape index (κ1) is 42.0. The number of carbonyl (C=O) groups is 2. The molecule has 3 saturated carbocycles. The van der Waals surface area contributed by atoms with E-state index in [1.807, 2.05) is 13.0 Å². The quantitative estimate of drug-likeness (QED) is 0.113. The summed E-state index contributed by atoms with van der Waals surface area (Å²) in [6, 6.07) is 13.6. The average Bonchev–Trinajstić information content (AvgIpc) is 3.48. The molecule has 1 amide bonds. The predicted molar refractivity (Wildman–Crippen MR) is 211 cm³/mol. The number of amides is 1. The van der Waals surface area contributed by atoms with E-state index in [0.29, 0.717) is 66.7 Å². The Morgan fingerprint density at radius 2 is 1.48 bits per heavy atom. The van der Waals surface area contributed by atoms with Crippen molar-refractivity contribution in [2.45, 2.75) is 89.8 Å². The van der Waals surface area contributed by atoms with Crippen molar-refractivity contribution in [3.8, 4) is 17.2 Å². The molecule has 8 atom stereocenters. The minimum atomic E-state index is -4.88. The second-order valence-electron chi connectivity index (χ2n) is 18.1. The number of rotatable bonds is 11. The van der Waals surface area contributed by atoms with Gasteiger partial charge in [-0.3, -0.25) is 9.59 Å². The van der Waals surface area contributed by atoms with Gasteiger partial charge in [0.25, 0.3) is 0 Å². The third kappa shape index (κ3) is 6.61. The Hall–Kier alpha value is -4.75. The normalized spacial score (nSPS) is 32.6. The Bertz CT molecular complexity index is 2260.